The molecule has 0 unspecified atom stereocenters. The molecule has 0 saturated heterocycles. The number of halogens is 4. The number of hydrogen-bond acceptors (Lipinski definition) is 0. The molecule has 14 heavy (non-hydrogen) atoms. The fourth-order valence-corrected chi connectivity index (χ4v) is 1.34. The van der Waals surface area contributed by atoms with E-state index in [1.807, 2.05) is 0 Å². The lowest BCUT2D eigenvalue weighted by Gasteiger charge is -2.21. The lowest BCUT2D eigenvalue weighted by atomic mass is 9.74. The van der Waals surface area contributed by atoms with E-state index in [2.05, 4.69) is 0 Å². The zero-order valence-electron chi connectivity index (χ0n) is 7.90. The summed E-state index contributed by atoms with van der Waals surface area (Å²) in [6, 6.07) is 2.61. The Bertz CT molecular complexity index is 330. The molecule has 0 aromatic heterocycles. The maximum Gasteiger partial charge on any atom is 0.509 e. The highest BCUT2D eigenvalue weighted by Gasteiger charge is 2.28. The van der Waals surface area contributed by atoms with Crippen LogP contribution in [0.1, 0.15) is 25.3 Å². The molecular weight excluding hydrogens is 195 g/mol. The molecule has 0 amide bonds. The molecule has 0 N–H and O–H groups in total. The van der Waals surface area contributed by atoms with Crippen molar-refractivity contribution >= 4 is 12.4 Å². The van der Waals surface area contributed by atoms with Crippen LogP contribution < -0.4 is 5.46 Å². The fraction of sp³-hybridized carbons (Fsp3) is 0.333. The van der Waals surface area contributed by atoms with Gasteiger partial charge in [-0.3, -0.25) is 0 Å². The largest absolute Gasteiger partial charge is 0.509 e. The highest BCUT2D eigenvalue weighted by molar-refractivity contribution is 6.74. The first-order valence-electron chi connectivity index (χ1n) is 4.31. The lowest BCUT2D eigenvalue weighted by Crippen LogP contribution is -2.37. The summed E-state index contributed by atoms with van der Waals surface area (Å²) in [7, 11) is 0. The zero-order valence-corrected chi connectivity index (χ0v) is 7.90. The Labute approximate surface area is 80.0 Å². The molecule has 78 valence electrons. The summed E-state index contributed by atoms with van der Waals surface area (Å²) in [6.45, 7) is -1.83. The van der Waals surface area contributed by atoms with Crippen LogP contribution in [-0.2, 0) is 0 Å². The molecule has 5 heteroatoms. The first-order chi connectivity index (χ1) is 6.32. The molecular formula is C9H10BF4-. The first-order valence-corrected chi connectivity index (χ1v) is 4.31. The second-order valence-corrected chi connectivity index (χ2v) is 3.50. The SMILES string of the molecule is CC(C)c1cc(F)ccc1[B-](F)(F)F. The van der Waals surface area contributed by atoms with Gasteiger partial charge in [-0.25, -0.2) is 4.39 Å². The molecule has 0 atom stereocenters. The minimum Gasteiger partial charge on any atom is -0.445 e. The lowest BCUT2D eigenvalue weighted by molar-refractivity contribution is 0.499. The van der Waals surface area contributed by atoms with Crippen LogP contribution in [0.25, 0.3) is 0 Å². The van der Waals surface area contributed by atoms with E-state index in [9.17, 15) is 17.3 Å². The van der Waals surface area contributed by atoms with E-state index in [4.69, 9.17) is 0 Å². The molecule has 1 rings (SSSR count). The summed E-state index contributed by atoms with van der Waals surface area (Å²) in [5.41, 5.74) is -0.668. The van der Waals surface area contributed by atoms with Crippen LogP contribution in [0.15, 0.2) is 18.2 Å². The maximum absolute atomic E-state index is 12.7. The molecule has 0 heterocycles. The van der Waals surface area contributed by atoms with Crippen molar-refractivity contribution in [2.24, 2.45) is 0 Å². The monoisotopic (exact) mass is 205 g/mol. The average Bonchev–Trinajstić information content (AvgIpc) is 2.01. The van der Waals surface area contributed by atoms with Crippen LogP contribution in [0.4, 0.5) is 17.3 Å². The minimum atomic E-state index is -5.05. The molecule has 0 radical (unpaired) electrons. The van der Waals surface area contributed by atoms with Gasteiger partial charge in [0.15, 0.2) is 0 Å². The van der Waals surface area contributed by atoms with Gasteiger partial charge in [0.1, 0.15) is 5.82 Å². The van der Waals surface area contributed by atoms with Gasteiger partial charge in [-0.1, -0.05) is 25.5 Å². The van der Waals surface area contributed by atoms with Crippen molar-refractivity contribution in [2.75, 3.05) is 0 Å². The molecule has 0 aliphatic rings. The minimum absolute atomic E-state index is 0.0255. The fourth-order valence-electron chi connectivity index (χ4n) is 1.34. The third-order valence-corrected chi connectivity index (χ3v) is 2.02. The predicted octanol–water partition coefficient (Wildman–Crippen LogP) is 3.00. The molecule has 1 aromatic rings. The molecule has 0 spiro atoms. The van der Waals surface area contributed by atoms with Crippen molar-refractivity contribution in [2.45, 2.75) is 19.8 Å². The zero-order chi connectivity index (χ0) is 10.9. The van der Waals surface area contributed by atoms with Crippen LogP contribution in [0.2, 0.25) is 0 Å². The topological polar surface area (TPSA) is 0 Å². The van der Waals surface area contributed by atoms with Crippen LogP contribution in [0.3, 0.4) is 0 Å². The summed E-state index contributed by atoms with van der Waals surface area (Å²) in [4.78, 5) is 0. The van der Waals surface area contributed by atoms with Gasteiger partial charge in [-0.2, -0.15) is 0 Å². The van der Waals surface area contributed by atoms with E-state index in [0.717, 1.165) is 18.2 Å². The van der Waals surface area contributed by atoms with Gasteiger partial charge in [0.25, 0.3) is 0 Å². The summed E-state index contributed by atoms with van der Waals surface area (Å²) in [6.07, 6.45) is 0. The molecule has 1 aromatic carbocycles. The molecule has 0 saturated carbocycles. The molecule has 0 aliphatic heterocycles. The Morgan fingerprint density at radius 2 is 1.71 bits per heavy atom. The van der Waals surface area contributed by atoms with Crippen molar-refractivity contribution in [1.29, 1.82) is 0 Å². The van der Waals surface area contributed by atoms with Crippen molar-refractivity contribution in [3.63, 3.8) is 0 Å². The van der Waals surface area contributed by atoms with Gasteiger partial charge in [0.05, 0.1) is 0 Å². The van der Waals surface area contributed by atoms with E-state index in [-0.39, 0.29) is 11.5 Å². The summed E-state index contributed by atoms with van der Waals surface area (Å²) >= 11 is 0. The van der Waals surface area contributed by atoms with E-state index in [1.54, 1.807) is 13.8 Å². The smallest absolute Gasteiger partial charge is 0.445 e. The predicted molar refractivity (Wildman–Crippen MR) is 49.2 cm³/mol. The number of hydrogen-bond donors (Lipinski definition) is 0. The Hall–Kier alpha value is -0.995. The Morgan fingerprint density at radius 1 is 1.14 bits per heavy atom. The van der Waals surface area contributed by atoms with E-state index >= 15 is 0 Å². The summed E-state index contributed by atoms with van der Waals surface area (Å²) in [5, 5.41) is 0. The maximum atomic E-state index is 12.7. The standard InChI is InChI=1S/C9H10BF4/c1-6(2)8-5-7(11)3-4-9(8)10(12,13)14/h3-6H,1-2H3/q-1. The van der Waals surface area contributed by atoms with Gasteiger partial charge in [0.2, 0.25) is 0 Å². The third kappa shape index (κ3) is 2.27. The van der Waals surface area contributed by atoms with Gasteiger partial charge >= 0.3 is 6.98 Å². The van der Waals surface area contributed by atoms with Gasteiger partial charge in [-0.15, -0.1) is 5.46 Å². The van der Waals surface area contributed by atoms with E-state index in [1.165, 1.54) is 0 Å². The van der Waals surface area contributed by atoms with Crippen molar-refractivity contribution in [3.8, 4) is 0 Å². The van der Waals surface area contributed by atoms with Crippen molar-refractivity contribution < 1.29 is 17.3 Å². The molecule has 0 nitrogen and oxygen atoms in total. The van der Waals surface area contributed by atoms with Crippen molar-refractivity contribution in [3.05, 3.63) is 29.6 Å². The summed E-state index contributed by atoms with van der Waals surface area (Å²) in [5.74, 6) is -0.957. The van der Waals surface area contributed by atoms with Crippen LogP contribution >= 0.6 is 0 Å². The highest BCUT2D eigenvalue weighted by atomic mass is 19.4. The van der Waals surface area contributed by atoms with Crippen LogP contribution in [0.5, 0.6) is 0 Å². The summed E-state index contributed by atoms with van der Waals surface area (Å²) < 4.78 is 50.2. The quantitative estimate of drug-likeness (QED) is 0.514. The normalized spacial score (nSPS) is 12.2. The van der Waals surface area contributed by atoms with Gasteiger partial charge < -0.3 is 12.9 Å². The van der Waals surface area contributed by atoms with Crippen molar-refractivity contribution in [1.82, 2.24) is 0 Å². The Morgan fingerprint density at radius 3 is 2.14 bits per heavy atom. The third-order valence-electron chi connectivity index (χ3n) is 2.02. The molecule has 0 bridgehead atoms. The second-order valence-electron chi connectivity index (χ2n) is 3.50. The Balaban J connectivity index is 3.29. The Kier molecular flexibility index (Phi) is 2.88. The van der Waals surface area contributed by atoms with Gasteiger partial charge in [-0.05, 0) is 18.1 Å². The van der Waals surface area contributed by atoms with E-state index in [0.29, 0.717) is 0 Å². The average molecular weight is 205 g/mol. The highest BCUT2D eigenvalue weighted by Crippen LogP contribution is 2.19. The van der Waals surface area contributed by atoms with Gasteiger partial charge in [0, 0.05) is 0 Å². The molecule has 0 fully saturated rings. The first kappa shape index (κ1) is 11.1. The second kappa shape index (κ2) is 3.63. The number of rotatable bonds is 2. The van der Waals surface area contributed by atoms with Crippen LogP contribution in [-0.4, -0.2) is 6.98 Å². The van der Waals surface area contributed by atoms with Crippen LogP contribution in [0, 0.1) is 5.82 Å². The van der Waals surface area contributed by atoms with E-state index < -0.39 is 18.3 Å². The molecule has 0 aliphatic carbocycles. The number of benzene rings is 1.